The Labute approximate surface area is 163 Å². The number of oxime groups is 1. The predicted molar refractivity (Wildman–Crippen MR) is 105 cm³/mol. The number of hydrogen-bond acceptors (Lipinski definition) is 3. The second kappa shape index (κ2) is 8.56. The van der Waals surface area contributed by atoms with Crippen molar-refractivity contribution in [2.45, 2.75) is 32.4 Å². The van der Waals surface area contributed by atoms with Crippen LogP contribution >= 0.6 is 23.2 Å². The first kappa shape index (κ1) is 18.7. The Bertz CT molecular complexity index is 809. The van der Waals surface area contributed by atoms with E-state index in [1.54, 1.807) is 12.1 Å². The molecule has 0 N–H and O–H groups in total. The van der Waals surface area contributed by atoms with E-state index in [0.29, 0.717) is 36.0 Å². The van der Waals surface area contributed by atoms with Crippen molar-refractivity contribution in [1.82, 2.24) is 4.90 Å². The van der Waals surface area contributed by atoms with E-state index in [1.165, 1.54) is 0 Å². The second-order valence-corrected chi connectivity index (χ2v) is 7.03. The molecule has 0 radical (unpaired) electrons. The van der Waals surface area contributed by atoms with Crippen LogP contribution in [0.4, 0.5) is 0 Å². The summed E-state index contributed by atoms with van der Waals surface area (Å²) in [6.07, 6.45) is 0.916. The average Bonchev–Trinajstić information content (AvgIpc) is 3.12. The van der Waals surface area contributed by atoms with Gasteiger partial charge in [0, 0.05) is 24.9 Å². The fourth-order valence-corrected chi connectivity index (χ4v) is 3.20. The summed E-state index contributed by atoms with van der Waals surface area (Å²) in [6.45, 7) is 2.93. The zero-order valence-electron chi connectivity index (χ0n) is 14.5. The Balaban J connectivity index is 1.65. The van der Waals surface area contributed by atoms with Crippen LogP contribution in [0.5, 0.6) is 0 Å². The zero-order valence-corrected chi connectivity index (χ0v) is 16.0. The zero-order chi connectivity index (χ0) is 18.5. The Morgan fingerprint density at radius 2 is 1.96 bits per heavy atom. The average molecular weight is 391 g/mol. The molecular formula is C20H20Cl2N2O2. The molecule has 0 aromatic heterocycles. The van der Waals surface area contributed by atoms with Crippen LogP contribution in [0.15, 0.2) is 53.7 Å². The van der Waals surface area contributed by atoms with Crippen molar-refractivity contribution in [1.29, 1.82) is 0 Å². The number of halogens is 2. The van der Waals surface area contributed by atoms with E-state index in [9.17, 15) is 4.79 Å². The van der Waals surface area contributed by atoms with Gasteiger partial charge < -0.3 is 9.74 Å². The molecule has 1 aliphatic heterocycles. The summed E-state index contributed by atoms with van der Waals surface area (Å²) >= 11 is 12.0. The van der Waals surface area contributed by atoms with Gasteiger partial charge in [0.15, 0.2) is 6.10 Å². The van der Waals surface area contributed by atoms with E-state index in [-0.39, 0.29) is 12.0 Å². The Kier molecular flexibility index (Phi) is 6.17. The van der Waals surface area contributed by atoms with Crippen molar-refractivity contribution < 1.29 is 9.63 Å². The molecule has 136 valence electrons. The van der Waals surface area contributed by atoms with Crippen molar-refractivity contribution in [2.24, 2.45) is 5.16 Å². The van der Waals surface area contributed by atoms with Gasteiger partial charge in [0.1, 0.15) is 0 Å². The number of carbonyl (C=O) groups excluding carboxylic acids is 1. The fourth-order valence-electron chi connectivity index (χ4n) is 2.90. The molecule has 6 heteroatoms. The minimum absolute atomic E-state index is 0.0976. The van der Waals surface area contributed by atoms with Crippen LogP contribution in [0.25, 0.3) is 0 Å². The molecule has 0 unspecified atom stereocenters. The molecule has 3 rings (SSSR count). The van der Waals surface area contributed by atoms with Crippen molar-refractivity contribution in [3.63, 3.8) is 0 Å². The number of amides is 1. The van der Waals surface area contributed by atoms with E-state index >= 15 is 0 Å². The number of nitrogens with zero attached hydrogens (tertiary/aromatic N) is 2. The lowest BCUT2D eigenvalue weighted by molar-refractivity contribution is -0.133. The maximum absolute atomic E-state index is 12.3. The summed E-state index contributed by atoms with van der Waals surface area (Å²) in [5.41, 5.74) is 2.80. The molecular weight excluding hydrogens is 371 g/mol. The highest BCUT2D eigenvalue weighted by atomic mass is 35.5. The highest BCUT2D eigenvalue weighted by Crippen LogP contribution is 2.26. The van der Waals surface area contributed by atoms with Crippen molar-refractivity contribution in [3.8, 4) is 0 Å². The first-order chi connectivity index (χ1) is 12.6. The van der Waals surface area contributed by atoms with Gasteiger partial charge in [-0.25, -0.2) is 0 Å². The quantitative estimate of drug-likeness (QED) is 0.701. The normalized spacial score (nSPS) is 16.1. The molecule has 1 heterocycles. The summed E-state index contributed by atoms with van der Waals surface area (Å²) in [5.74, 6) is 0.0976. The van der Waals surface area contributed by atoms with Gasteiger partial charge in [0.05, 0.1) is 22.3 Å². The summed E-state index contributed by atoms with van der Waals surface area (Å²) < 4.78 is 0. The van der Waals surface area contributed by atoms with Crippen LogP contribution in [0, 0.1) is 0 Å². The lowest BCUT2D eigenvalue weighted by Crippen LogP contribution is -2.36. The van der Waals surface area contributed by atoms with Gasteiger partial charge in [-0.1, -0.05) is 71.7 Å². The molecule has 0 saturated heterocycles. The molecule has 1 aliphatic rings. The molecule has 2 aromatic rings. The maximum atomic E-state index is 12.3. The van der Waals surface area contributed by atoms with Crippen LogP contribution in [-0.2, 0) is 16.2 Å². The summed E-state index contributed by atoms with van der Waals surface area (Å²) in [5, 5.41) is 5.18. The fraction of sp³-hybridized carbons (Fsp3) is 0.300. The van der Waals surface area contributed by atoms with Crippen LogP contribution in [0.2, 0.25) is 10.0 Å². The predicted octanol–water partition coefficient (Wildman–Crippen LogP) is 4.93. The highest BCUT2D eigenvalue weighted by Gasteiger charge is 2.26. The SMILES string of the molecule is CCC(=O)N(Cc1ccccc1)C[C@H]1CC(c2ccc(Cl)c(Cl)c2)=NO1. The van der Waals surface area contributed by atoms with E-state index in [0.717, 1.165) is 16.8 Å². The molecule has 0 aliphatic carbocycles. The molecule has 0 saturated carbocycles. The number of hydrogen-bond donors (Lipinski definition) is 0. The van der Waals surface area contributed by atoms with Crippen molar-refractivity contribution in [2.75, 3.05) is 6.54 Å². The van der Waals surface area contributed by atoms with Crippen LogP contribution in [0.3, 0.4) is 0 Å². The Morgan fingerprint density at radius 3 is 2.65 bits per heavy atom. The lowest BCUT2D eigenvalue weighted by atomic mass is 10.0. The molecule has 1 atom stereocenters. The number of benzene rings is 2. The van der Waals surface area contributed by atoms with Crippen molar-refractivity contribution in [3.05, 3.63) is 69.7 Å². The van der Waals surface area contributed by atoms with E-state index in [4.69, 9.17) is 28.0 Å². The van der Waals surface area contributed by atoms with Gasteiger partial charge >= 0.3 is 0 Å². The smallest absolute Gasteiger partial charge is 0.222 e. The van der Waals surface area contributed by atoms with E-state index in [2.05, 4.69) is 5.16 Å². The van der Waals surface area contributed by atoms with Crippen LogP contribution in [0.1, 0.15) is 30.9 Å². The molecule has 0 spiro atoms. The standard InChI is InChI=1S/C20H20Cl2N2O2/c1-2-20(25)24(12-14-6-4-3-5-7-14)13-16-11-19(23-26-16)15-8-9-17(21)18(22)10-15/h3-10,16H,2,11-13H2,1H3/t16-/m1/s1. The Hall–Kier alpha value is -2.04. The third-order valence-corrected chi connectivity index (χ3v) is 5.02. The number of rotatable bonds is 6. The van der Waals surface area contributed by atoms with Crippen LogP contribution in [-0.4, -0.2) is 29.2 Å². The maximum Gasteiger partial charge on any atom is 0.222 e. The first-order valence-corrected chi connectivity index (χ1v) is 9.32. The van der Waals surface area contributed by atoms with Gasteiger partial charge in [-0.15, -0.1) is 0 Å². The first-order valence-electron chi connectivity index (χ1n) is 8.56. The lowest BCUT2D eigenvalue weighted by Gasteiger charge is -2.24. The van der Waals surface area contributed by atoms with Crippen molar-refractivity contribution >= 4 is 34.8 Å². The monoisotopic (exact) mass is 390 g/mol. The largest absolute Gasteiger partial charge is 0.390 e. The van der Waals surface area contributed by atoms with Gasteiger partial charge in [0.2, 0.25) is 5.91 Å². The third-order valence-electron chi connectivity index (χ3n) is 4.28. The number of carbonyl (C=O) groups is 1. The molecule has 0 fully saturated rings. The summed E-state index contributed by atoms with van der Waals surface area (Å²) in [6, 6.07) is 15.4. The van der Waals surface area contributed by atoms with Gasteiger partial charge in [-0.2, -0.15) is 0 Å². The van der Waals surface area contributed by atoms with Crippen LogP contribution < -0.4 is 0 Å². The molecule has 0 bridgehead atoms. The summed E-state index contributed by atoms with van der Waals surface area (Å²) in [4.78, 5) is 19.7. The third kappa shape index (κ3) is 4.57. The molecule has 26 heavy (non-hydrogen) atoms. The molecule has 2 aromatic carbocycles. The van der Waals surface area contributed by atoms with Gasteiger partial charge in [-0.3, -0.25) is 4.79 Å². The minimum Gasteiger partial charge on any atom is -0.390 e. The highest BCUT2D eigenvalue weighted by molar-refractivity contribution is 6.42. The topological polar surface area (TPSA) is 41.9 Å². The Morgan fingerprint density at radius 1 is 1.19 bits per heavy atom. The summed E-state index contributed by atoms with van der Waals surface area (Å²) in [7, 11) is 0. The van der Waals surface area contributed by atoms with Gasteiger partial charge in [-0.05, 0) is 17.7 Å². The molecule has 1 amide bonds. The second-order valence-electron chi connectivity index (χ2n) is 6.21. The van der Waals surface area contributed by atoms with Gasteiger partial charge in [0.25, 0.3) is 0 Å². The minimum atomic E-state index is -0.168. The molecule has 4 nitrogen and oxygen atoms in total. The van der Waals surface area contributed by atoms with E-state index in [1.807, 2.05) is 48.2 Å². The van der Waals surface area contributed by atoms with E-state index < -0.39 is 0 Å².